The molecule has 0 aliphatic rings. The highest BCUT2D eigenvalue weighted by atomic mass is 16.3. The van der Waals surface area contributed by atoms with Crippen LogP contribution in [0.3, 0.4) is 0 Å². The number of hydrogen-bond donors (Lipinski definition) is 2. The summed E-state index contributed by atoms with van der Waals surface area (Å²) in [6, 6.07) is 2.51. The molecular formula is C13H25N3O. The second kappa shape index (κ2) is 7.45. The molecule has 0 bridgehead atoms. The average molecular weight is 239 g/mol. The third kappa shape index (κ3) is 4.88. The Morgan fingerprint density at radius 3 is 2.82 bits per heavy atom. The topological polar surface area (TPSA) is 50.1 Å². The molecule has 4 nitrogen and oxygen atoms in total. The van der Waals surface area contributed by atoms with Crippen LogP contribution in [0.5, 0.6) is 0 Å². The zero-order valence-corrected chi connectivity index (χ0v) is 11.2. The van der Waals surface area contributed by atoms with Crippen molar-refractivity contribution in [2.45, 2.75) is 58.7 Å². The molecule has 1 heterocycles. The first-order valence-electron chi connectivity index (χ1n) is 6.60. The van der Waals surface area contributed by atoms with Crippen molar-refractivity contribution >= 4 is 0 Å². The number of nitrogens with zero attached hydrogens (tertiary/aromatic N) is 2. The van der Waals surface area contributed by atoms with Crippen LogP contribution >= 0.6 is 0 Å². The second-order valence-electron chi connectivity index (χ2n) is 4.57. The predicted octanol–water partition coefficient (Wildman–Crippen LogP) is 2.10. The number of nitrogens with one attached hydrogen (secondary N) is 1. The summed E-state index contributed by atoms with van der Waals surface area (Å²) in [4.78, 5) is 0. The van der Waals surface area contributed by atoms with Crippen LogP contribution in [-0.2, 0) is 6.54 Å². The molecule has 98 valence electrons. The van der Waals surface area contributed by atoms with E-state index in [4.69, 9.17) is 0 Å². The molecule has 0 saturated carbocycles. The van der Waals surface area contributed by atoms with E-state index in [1.807, 2.05) is 17.8 Å². The van der Waals surface area contributed by atoms with Gasteiger partial charge < -0.3 is 10.4 Å². The zero-order chi connectivity index (χ0) is 12.7. The van der Waals surface area contributed by atoms with Crippen LogP contribution in [0.25, 0.3) is 0 Å². The maximum atomic E-state index is 9.40. The van der Waals surface area contributed by atoms with Gasteiger partial charge in [0, 0.05) is 18.8 Å². The number of rotatable bonds is 8. The van der Waals surface area contributed by atoms with Gasteiger partial charge in [-0.1, -0.05) is 13.8 Å². The van der Waals surface area contributed by atoms with Gasteiger partial charge in [-0.3, -0.25) is 4.68 Å². The van der Waals surface area contributed by atoms with Crippen molar-refractivity contribution in [1.29, 1.82) is 0 Å². The van der Waals surface area contributed by atoms with E-state index in [9.17, 15) is 5.11 Å². The number of hydrogen-bond acceptors (Lipinski definition) is 3. The highest BCUT2D eigenvalue weighted by Crippen LogP contribution is 2.08. The summed E-state index contributed by atoms with van der Waals surface area (Å²) in [7, 11) is 0. The highest BCUT2D eigenvalue weighted by Gasteiger charge is 2.04. The molecule has 0 fully saturated rings. The second-order valence-corrected chi connectivity index (χ2v) is 4.57. The summed E-state index contributed by atoms with van der Waals surface area (Å²) in [5, 5.41) is 17.2. The lowest BCUT2D eigenvalue weighted by Gasteiger charge is -2.09. The van der Waals surface area contributed by atoms with E-state index in [0.717, 1.165) is 38.0 Å². The van der Waals surface area contributed by atoms with E-state index in [1.165, 1.54) is 0 Å². The number of aromatic nitrogens is 2. The Morgan fingerprint density at radius 2 is 2.18 bits per heavy atom. The average Bonchev–Trinajstić information content (AvgIpc) is 2.82. The Kier molecular flexibility index (Phi) is 6.22. The molecule has 2 unspecified atom stereocenters. The molecule has 1 rings (SSSR count). The van der Waals surface area contributed by atoms with Gasteiger partial charge in [-0.25, -0.2) is 0 Å². The summed E-state index contributed by atoms with van der Waals surface area (Å²) >= 11 is 0. The Bertz CT molecular complexity index is 311. The lowest BCUT2D eigenvalue weighted by Crippen LogP contribution is -2.20. The lowest BCUT2D eigenvalue weighted by molar-refractivity contribution is 0.159. The normalized spacial score (nSPS) is 14.8. The molecule has 0 amide bonds. The van der Waals surface area contributed by atoms with Crippen molar-refractivity contribution in [3.8, 4) is 0 Å². The van der Waals surface area contributed by atoms with Gasteiger partial charge >= 0.3 is 0 Å². The first kappa shape index (κ1) is 14.2. The largest absolute Gasteiger partial charge is 0.393 e. The van der Waals surface area contributed by atoms with Crippen molar-refractivity contribution in [1.82, 2.24) is 15.1 Å². The van der Waals surface area contributed by atoms with Gasteiger partial charge in [0.25, 0.3) is 0 Å². The summed E-state index contributed by atoms with van der Waals surface area (Å²) in [5.74, 6) is 0. The molecule has 2 N–H and O–H groups in total. The molecular weight excluding hydrogens is 214 g/mol. The van der Waals surface area contributed by atoms with Crippen LogP contribution in [-0.4, -0.2) is 27.5 Å². The van der Waals surface area contributed by atoms with Crippen LogP contribution in [0.2, 0.25) is 0 Å². The van der Waals surface area contributed by atoms with Crippen LogP contribution in [0.15, 0.2) is 12.3 Å². The zero-order valence-electron chi connectivity index (χ0n) is 11.2. The Hall–Kier alpha value is -0.870. The van der Waals surface area contributed by atoms with Gasteiger partial charge in [-0.2, -0.15) is 5.10 Å². The minimum Gasteiger partial charge on any atom is -0.393 e. The van der Waals surface area contributed by atoms with Crippen LogP contribution in [0, 0.1) is 0 Å². The van der Waals surface area contributed by atoms with Crippen molar-refractivity contribution in [3.63, 3.8) is 0 Å². The summed E-state index contributed by atoms with van der Waals surface area (Å²) in [5.41, 5.74) is 1.07. The van der Waals surface area contributed by atoms with E-state index in [2.05, 4.69) is 30.3 Å². The predicted molar refractivity (Wildman–Crippen MR) is 69.9 cm³/mol. The van der Waals surface area contributed by atoms with E-state index in [-0.39, 0.29) is 6.10 Å². The van der Waals surface area contributed by atoms with Gasteiger partial charge in [0.1, 0.15) is 0 Å². The van der Waals surface area contributed by atoms with Crippen molar-refractivity contribution in [2.24, 2.45) is 0 Å². The van der Waals surface area contributed by atoms with Gasteiger partial charge in [0.15, 0.2) is 0 Å². The fourth-order valence-corrected chi connectivity index (χ4v) is 1.59. The van der Waals surface area contributed by atoms with Gasteiger partial charge in [0.2, 0.25) is 0 Å². The fourth-order valence-electron chi connectivity index (χ4n) is 1.59. The molecule has 0 radical (unpaired) electrons. The van der Waals surface area contributed by atoms with E-state index in [1.54, 1.807) is 0 Å². The SMILES string of the molecule is CCC(O)CCNCc1ccn(C(C)CC)n1. The maximum absolute atomic E-state index is 9.40. The van der Waals surface area contributed by atoms with Crippen molar-refractivity contribution < 1.29 is 5.11 Å². The van der Waals surface area contributed by atoms with Crippen LogP contribution in [0.1, 0.15) is 51.8 Å². The quantitative estimate of drug-likeness (QED) is 0.683. The first-order valence-corrected chi connectivity index (χ1v) is 6.60. The minimum atomic E-state index is -0.180. The van der Waals surface area contributed by atoms with Crippen LogP contribution in [0.4, 0.5) is 0 Å². The standard InChI is InChI=1S/C13H25N3O/c1-4-11(3)16-9-7-12(15-16)10-14-8-6-13(17)5-2/h7,9,11,13-14,17H,4-6,8,10H2,1-3H3. The molecule has 0 saturated heterocycles. The third-order valence-corrected chi connectivity index (χ3v) is 3.14. The summed E-state index contributed by atoms with van der Waals surface area (Å²) < 4.78 is 2.01. The molecule has 2 atom stereocenters. The van der Waals surface area contributed by atoms with Gasteiger partial charge in [-0.05, 0) is 38.8 Å². The molecule has 1 aromatic heterocycles. The fraction of sp³-hybridized carbons (Fsp3) is 0.769. The monoisotopic (exact) mass is 239 g/mol. The third-order valence-electron chi connectivity index (χ3n) is 3.14. The molecule has 0 aliphatic heterocycles. The molecule has 0 spiro atoms. The van der Waals surface area contributed by atoms with Gasteiger partial charge in [0.05, 0.1) is 11.8 Å². The highest BCUT2D eigenvalue weighted by molar-refractivity contribution is 4.99. The summed E-state index contributed by atoms with van der Waals surface area (Å²) in [6.07, 6.45) is 4.58. The molecule has 4 heteroatoms. The molecule has 17 heavy (non-hydrogen) atoms. The Morgan fingerprint density at radius 1 is 1.41 bits per heavy atom. The smallest absolute Gasteiger partial charge is 0.0762 e. The van der Waals surface area contributed by atoms with Crippen LogP contribution < -0.4 is 5.32 Å². The number of aliphatic hydroxyl groups excluding tert-OH is 1. The van der Waals surface area contributed by atoms with Crippen molar-refractivity contribution in [2.75, 3.05) is 6.54 Å². The first-order chi connectivity index (χ1) is 8.17. The minimum absolute atomic E-state index is 0.180. The van der Waals surface area contributed by atoms with E-state index >= 15 is 0 Å². The van der Waals surface area contributed by atoms with Gasteiger partial charge in [-0.15, -0.1) is 0 Å². The van der Waals surface area contributed by atoms with E-state index in [0.29, 0.717) is 6.04 Å². The molecule has 1 aromatic rings. The Balaban J connectivity index is 2.25. The number of aliphatic hydroxyl groups is 1. The van der Waals surface area contributed by atoms with Crippen molar-refractivity contribution in [3.05, 3.63) is 18.0 Å². The summed E-state index contributed by atoms with van der Waals surface area (Å²) in [6.45, 7) is 7.95. The lowest BCUT2D eigenvalue weighted by atomic mass is 10.2. The Labute approximate surface area is 104 Å². The maximum Gasteiger partial charge on any atom is 0.0762 e. The van der Waals surface area contributed by atoms with E-state index < -0.39 is 0 Å². The molecule has 0 aliphatic carbocycles. The molecule has 0 aromatic carbocycles.